The van der Waals surface area contributed by atoms with Crippen LogP contribution in [0.5, 0.6) is 0 Å². The number of ether oxygens (including phenoxy) is 1. The van der Waals surface area contributed by atoms with Crippen LogP contribution in [-0.2, 0) is 4.74 Å². The number of fused-ring (bicyclic) bond motifs is 1. The molecular weight excluding hydrogens is 497 g/mol. The molecule has 0 radical (unpaired) electrons. The summed E-state index contributed by atoms with van der Waals surface area (Å²) in [7, 11) is 0. The highest BCUT2D eigenvalue weighted by molar-refractivity contribution is 9.10. The number of hydrogen-bond acceptors (Lipinski definition) is 6. The highest BCUT2D eigenvalue weighted by atomic mass is 79.9. The molecule has 0 saturated carbocycles. The largest absolute Gasteiger partial charge is 0.444 e. The molecule has 6 nitrogen and oxygen atoms in total. The van der Waals surface area contributed by atoms with Crippen molar-refractivity contribution in [3.05, 3.63) is 27.5 Å². The third-order valence-corrected chi connectivity index (χ3v) is 6.52. The normalized spacial score (nSPS) is 15.9. The highest BCUT2D eigenvalue weighted by Gasteiger charge is 2.31. The molecule has 2 heterocycles. The van der Waals surface area contributed by atoms with Crippen LogP contribution in [0, 0.1) is 12.7 Å². The number of anilines is 1. The number of aldehydes is 1. The first-order valence-electron chi connectivity index (χ1n) is 10.6. The van der Waals surface area contributed by atoms with E-state index in [1.807, 2.05) is 40.7 Å². The minimum atomic E-state index is -0.565. The maximum atomic E-state index is 14.9. The molecule has 0 bridgehead atoms. The Hall–Kier alpha value is -1.87. The van der Waals surface area contributed by atoms with Crippen molar-refractivity contribution in [2.75, 3.05) is 24.7 Å². The molecule has 1 atom stereocenters. The lowest BCUT2D eigenvalue weighted by atomic mass is 10.1. The summed E-state index contributed by atoms with van der Waals surface area (Å²) < 4.78 is 20.7. The molecule has 1 aromatic carbocycles. The van der Waals surface area contributed by atoms with Crippen molar-refractivity contribution in [1.29, 1.82) is 0 Å². The molecule has 32 heavy (non-hydrogen) atoms. The van der Waals surface area contributed by atoms with Crippen molar-refractivity contribution < 1.29 is 18.7 Å². The van der Waals surface area contributed by atoms with Gasteiger partial charge in [0.15, 0.2) is 12.1 Å². The van der Waals surface area contributed by atoms with Crippen LogP contribution in [0.2, 0.25) is 0 Å². The first-order chi connectivity index (χ1) is 15.1. The van der Waals surface area contributed by atoms with Crippen LogP contribution >= 0.6 is 27.7 Å². The number of carbonyl (C=O) groups excluding carboxylic acids is 2. The third kappa shape index (κ3) is 5.73. The van der Waals surface area contributed by atoms with Crippen molar-refractivity contribution >= 4 is 56.7 Å². The number of hydrogen-bond donors (Lipinski definition) is 1. The lowest BCUT2D eigenvalue weighted by Gasteiger charge is -2.25. The van der Waals surface area contributed by atoms with Gasteiger partial charge in [0.1, 0.15) is 16.1 Å². The summed E-state index contributed by atoms with van der Waals surface area (Å²) in [6.07, 6.45) is 2.87. The molecule has 1 saturated heterocycles. The zero-order valence-corrected chi connectivity index (χ0v) is 22.0. The number of benzene rings is 1. The number of likely N-dealkylation sites (tertiary alicyclic amines) is 1. The molecule has 1 amide bonds. The summed E-state index contributed by atoms with van der Waals surface area (Å²) in [6.45, 7) is 12.3. The van der Waals surface area contributed by atoms with Gasteiger partial charge in [0.25, 0.3) is 0 Å². The van der Waals surface area contributed by atoms with E-state index >= 15 is 0 Å². The summed E-state index contributed by atoms with van der Waals surface area (Å²) in [4.78, 5) is 30.3. The molecule has 176 valence electrons. The minimum absolute atomic E-state index is 0.0939. The summed E-state index contributed by atoms with van der Waals surface area (Å²) in [5, 5.41) is 4.38. The first-order valence-corrected chi connectivity index (χ1v) is 12.6. The van der Waals surface area contributed by atoms with E-state index in [0.717, 1.165) is 6.29 Å². The molecule has 0 spiro atoms. The molecule has 1 aliphatic heterocycles. The second kappa shape index (κ2) is 10.8. The van der Waals surface area contributed by atoms with Gasteiger partial charge >= 0.3 is 6.09 Å². The predicted octanol–water partition coefficient (Wildman–Crippen LogP) is 6.43. The maximum absolute atomic E-state index is 14.9. The Bertz CT molecular complexity index is 1010. The lowest BCUT2D eigenvalue weighted by molar-refractivity contribution is 0.0293. The maximum Gasteiger partial charge on any atom is 0.410 e. The number of halogens is 2. The summed E-state index contributed by atoms with van der Waals surface area (Å²) in [6, 6.07) is 1.72. The van der Waals surface area contributed by atoms with Crippen molar-refractivity contribution in [1.82, 2.24) is 9.88 Å². The molecule has 1 fully saturated rings. The molecule has 9 heteroatoms. The van der Waals surface area contributed by atoms with Gasteiger partial charge in [-0.1, -0.05) is 13.8 Å². The fraction of sp³-hybridized carbons (Fsp3) is 0.522. The fourth-order valence-electron chi connectivity index (χ4n) is 3.45. The van der Waals surface area contributed by atoms with Gasteiger partial charge in [-0.3, -0.25) is 4.79 Å². The van der Waals surface area contributed by atoms with Crippen LogP contribution in [-0.4, -0.2) is 53.3 Å². The van der Waals surface area contributed by atoms with Gasteiger partial charge in [-0.15, -0.1) is 11.8 Å². The number of aryl methyl sites for hydroxylation is 1. The van der Waals surface area contributed by atoms with Gasteiger partial charge in [0, 0.05) is 24.5 Å². The van der Waals surface area contributed by atoms with E-state index in [2.05, 4.69) is 26.2 Å². The number of carbonyl (C=O) groups is 2. The van der Waals surface area contributed by atoms with Crippen molar-refractivity contribution in [3.8, 4) is 0 Å². The molecular formula is C23H31BrFN3O3S. The second-order valence-electron chi connectivity index (χ2n) is 8.30. The smallest absolute Gasteiger partial charge is 0.410 e. The molecule has 1 aliphatic rings. The number of thioether (sulfide) groups is 1. The number of amides is 1. The second-order valence-corrected chi connectivity index (χ2v) is 9.89. The van der Waals surface area contributed by atoms with E-state index in [0.29, 0.717) is 51.2 Å². The molecule has 2 aromatic rings. The standard InChI is InChI=1S/C21H25BrFN3O3S.C2H6/c1-11-8-13-17(14(10-27)19(30-5)25-18(13)16(23)15(11)22)24-12-6-7-26(9-12)20(28)29-21(2,3)4;1-2/h8,10,12H,6-7,9H2,1-5H3,(H,24,25);1-2H3. The van der Waals surface area contributed by atoms with Crippen LogP contribution in [0.4, 0.5) is 14.9 Å². The van der Waals surface area contributed by atoms with Crippen molar-refractivity contribution in [3.63, 3.8) is 0 Å². The Morgan fingerprint density at radius 2 is 2.06 bits per heavy atom. The first kappa shape index (κ1) is 26.4. The third-order valence-electron chi connectivity index (χ3n) is 4.84. The molecule has 0 aliphatic carbocycles. The van der Waals surface area contributed by atoms with E-state index in [-0.39, 0.29) is 17.7 Å². The Kier molecular flexibility index (Phi) is 8.93. The number of rotatable bonds is 4. The van der Waals surface area contributed by atoms with Crippen LogP contribution in [0.15, 0.2) is 15.6 Å². The zero-order valence-electron chi connectivity index (χ0n) is 19.6. The van der Waals surface area contributed by atoms with Crippen LogP contribution in [0.1, 0.15) is 57.0 Å². The predicted molar refractivity (Wildman–Crippen MR) is 132 cm³/mol. The van der Waals surface area contributed by atoms with Gasteiger partial charge in [-0.05, 0) is 67.9 Å². The topological polar surface area (TPSA) is 71.5 Å². The van der Waals surface area contributed by atoms with Gasteiger partial charge in [-0.2, -0.15) is 0 Å². The monoisotopic (exact) mass is 527 g/mol. The number of nitrogens with one attached hydrogen (secondary N) is 1. The Morgan fingerprint density at radius 1 is 1.41 bits per heavy atom. The van der Waals surface area contributed by atoms with E-state index in [9.17, 15) is 14.0 Å². The highest BCUT2D eigenvalue weighted by Crippen LogP contribution is 2.37. The quantitative estimate of drug-likeness (QED) is 0.365. The number of nitrogens with zero attached hydrogens (tertiary/aromatic N) is 2. The summed E-state index contributed by atoms with van der Waals surface area (Å²) >= 11 is 4.56. The fourth-order valence-corrected chi connectivity index (χ4v) is 4.31. The average molecular weight is 528 g/mol. The number of pyridine rings is 1. The molecule has 3 rings (SSSR count). The molecule has 1 aromatic heterocycles. The zero-order chi connectivity index (χ0) is 24.2. The van der Waals surface area contributed by atoms with E-state index < -0.39 is 11.4 Å². The average Bonchev–Trinajstić information content (AvgIpc) is 3.21. The van der Waals surface area contributed by atoms with Crippen molar-refractivity contribution in [2.24, 2.45) is 0 Å². The summed E-state index contributed by atoms with van der Waals surface area (Å²) in [5.41, 5.74) is 1.29. The molecule has 1 unspecified atom stereocenters. The van der Waals surface area contributed by atoms with Gasteiger partial charge in [0.2, 0.25) is 0 Å². The Morgan fingerprint density at radius 3 is 2.62 bits per heavy atom. The summed E-state index contributed by atoms with van der Waals surface area (Å²) in [5.74, 6) is -0.456. The van der Waals surface area contributed by atoms with Crippen LogP contribution in [0.25, 0.3) is 10.9 Å². The van der Waals surface area contributed by atoms with E-state index in [4.69, 9.17) is 4.74 Å². The lowest BCUT2D eigenvalue weighted by Crippen LogP contribution is -2.36. The Labute approximate surface area is 201 Å². The van der Waals surface area contributed by atoms with E-state index in [1.54, 1.807) is 18.1 Å². The molecule has 1 N–H and O–H groups in total. The van der Waals surface area contributed by atoms with Crippen molar-refractivity contribution in [2.45, 2.75) is 64.6 Å². The minimum Gasteiger partial charge on any atom is -0.444 e. The Balaban J connectivity index is 0.00000176. The SMILES string of the molecule is CC.CSc1nc2c(F)c(Br)c(C)cc2c(NC2CCN(C(=O)OC(C)(C)C)C2)c1C=O. The van der Waals surface area contributed by atoms with Crippen LogP contribution < -0.4 is 5.32 Å². The van der Waals surface area contributed by atoms with E-state index in [1.165, 1.54) is 11.8 Å². The van der Waals surface area contributed by atoms with Crippen LogP contribution in [0.3, 0.4) is 0 Å². The van der Waals surface area contributed by atoms with Gasteiger partial charge in [0.05, 0.1) is 15.7 Å². The number of aromatic nitrogens is 1. The van der Waals surface area contributed by atoms with Gasteiger partial charge in [-0.25, -0.2) is 14.2 Å². The van der Waals surface area contributed by atoms with Gasteiger partial charge < -0.3 is 15.0 Å².